The molecule has 0 aromatic carbocycles. The Hall–Kier alpha value is -1.03. The topological polar surface area (TPSA) is 52.6 Å². The van der Waals surface area contributed by atoms with E-state index in [0.717, 1.165) is 6.42 Å². The first-order valence-corrected chi connectivity index (χ1v) is 6.44. The van der Waals surface area contributed by atoms with Crippen LogP contribution >= 0.6 is 0 Å². The summed E-state index contributed by atoms with van der Waals surface area (Å²) in [5.41, 5.74) is 1.47. The monoisotopic (exact) mass is 240 g/mol. The van der Waals surface area contributed by atoms with E-state index in [1.807, 2.05) is 0 Å². The Morgan fingerprint density at radius 3 is 2.94 bits per heavy atom. The molecule has 4 heteroatoms. The molecule has 2 N–H and O–H groups in total. The van der Waals surface area contributed by atoms with Gasteiger partial charge in [-0.3, -0.25) is 0 Å². The number of allylic oxidation sites excluding steroid dienone is 1. The summed E-state index contributed by atoms with van der Waals surface area (Å²) in [6.45, 7) is 2.74. The van der Waals surface area contributed by atoms with Crippen LogP contribution in [0.1, 0.15) is 39.0 Å². The van der Waals surface area contributed by atoms with E-state index >= 15 is 0 Å². The first kappa shape index (κ1) is 14.0. The molecule has 1 aliphatic rings. The molecule has 1 atom stereocenters. The first-order valence-electron chi connectivity index (χ1n) is 6.44. The van der Waals surface area contributed by atoms with Crippen molar-refractivity contribution >= 4 is 6.03 Å². The number of nitrogens with zero attached hydrogens (tertiary/aromatic N) is 1. The van der Waals surface area contributed by atoms with Gasteiger partial charge in [-0.1, -0.05) is 11.6 Å². The van der Waals surface area contributed by atoms with E-state index in [2.05, 4.69) is 11.4 Å². The minimum absolute atomic E-state index is 0.109. The largest absolute Gasteiger partial charge is 0.392 e. The number of urea groups is 1. The lowest BCUT2D eigenvalue weighted by atomic mass is 9.97. The van der Waals surface area contributed by atoms with Crippen LogP contribution in [0.15, 0.2) is 11.6 Å². The Kier molecular flexibility index (Phi) is 6.05. The van der Waals surface area contributed by atoms with E-state index in [0.29, 0.717) is 13.1 Å². The van der Waals surface area contributed by atoms with Crippen LogP contribution < -0.4 is 5.32 Å². The summed E-state index contributed by atoms with van der Waals surface area (Å²) in [4.78, 5) is 13.1. The second-order valence-electron chi connectivity index (χ2n) is 4.82. The third kappa shape index (κ3) is 5.73. The SMILES string of the molecule is CC(O)CN(C)C(=O)NCCC1=CCCCC1. The third-order valence-electron chi connectivity index (χ3n) is 2.99. The molecule has 1 unspecified atom stereocenters. The summed E-state index contributed by atoms with van der Waals surface area (Å²) < 4.78 is 0. The van der Waals surface area contributed by atoms with Gasteiger partial charge < -0.3 is 15.3 Å². The third-order valence-corrected chi connectivity index (χ3v) is 2.99. The molecule has 17 heavy (non-hydrogen) atoms. The van der Waals surface area contributed by atoms with Gasteiger partial charge in [-0.25, -0.2) is 4.79 Å². The second-order valence-corrected chi connectivity index (χ2v) is 4.82. The van der Waals surface area contributed by atoms with Gasteiger partial charge >= 0.3 is 6.03 Å². The minimum Gasteiger partial charge on any atom is -0.392 e. The van der Waals surface area contributed by atoms with Crippen molar-refractivity contribution in [2.24, 2.45) is 0 Å². The maximum Gasteiger partial charge on any atom is 0.317 e. The van der Waals surface area contributed by atoms with Gasteiger partial charge in [-0.2, -0.15) is 0 Å². The highest BCUT2D eigenvalue weighted by molar-refractivity contribution is 5.73. The molecule has 0 saturated heterocycles. The normalized spacial score (nSPS) is 17.2. The molecule has 0 heterocycles. The molecule has 2 amide bonds. The Bertz CT molecular complexity index is 275. The Morgan fingerprint density at radius 2 is 2.35 bits per heavy atom. The van der Waals surface area contributed by atoms with Crippen LogP contribution in [0.5, 0.6) is 0 Å². The van der Waals surface area contributed by atoms with Crippen LogP contribution in [0.3, 0.4) is 0 Å². The lowest BCUT2D eigenvalue weighted by Crippen LogP contribution is -2.41. The lowest BCUT2D eigenvalue weighted by molar-refractivity contribution is 0.144. The van der Waals surface area contributed by atoms with Crippen molar-refractivity contribution < 1.29 is 9.90 Å². The second kappa shape index (κ2) is 7.33. The molecule has 0 aliphatic heterocycles. The highest BCUT2D eigenvalue weighted by Gasteiger charge is 2.10. The Morgan fingerprint density at radius 1 is 1.59 bits per heavy atom. The fraction of sp³-hybridized carbons (Fsp3) is 0.769. The zero-order chi connectivity index (χ0) is 12.7. The van der Waals surface area contributed by atoms with Gasteiger partial charge in [0, 0.05) is 20.1 Å². The van der Waals surface area contributed by atoms with E-state index < -0.39 is 6.10 Å². The van der Waals surface area contributed by atoms with Crippen LogP contribution in [0.2, 0.25) is 0 Å². The summed E-state index contributed by atoms with van der Waals surface area (Å²) >= 11 is 0. The van der Waals surface area contributed by atoms with Crippen molar-refractivity contribution in [3.05, 3.63) is 11.6 Å². The number of amides is 2. The van der Waals surface area contributed by atoms with E-state index in [1.54, 1.807) is 14.0 Å². The average molecular weight is 240 g/mol. The van der Waals surface area contributed by atoms with Crippen molar-refractivity contribution in [1.82, 2.24) is 10.2 Å². The number of aliphatic hydroxyl groups is 1. The van der Waals surface area contributed by atoms with E-state index in [1.165, 1.54) is 36.2 Å². The highest BCUT2D eigenvalue weighted by atomic mass is 16.3. The number of likely N-dealkylation sites (N-methyl/N-ethyl adjacent to an activating group) is 1. The van der Waals surface area contributed by atoms with Gasteiger partial charge in [-0.05, 0) is 39.0 Å². The van der Waals surface area contributed by atoms with Crippen LogP contribution in [-0.4, -0.2) is 42.3 Å². The molecular weight excluding hydrogens is 216 g/mol. The quantitative estimate of drug-likeness (QED) is 0.721. The molecule has 1 aliphatic carbocycles. The molecule has 0 radical (unpaired) electrons. The van der Waals surface area contributed by atoms with Crippen LogP contribution in [0, 0.1) is 0 Å². The van der Waals surface area contributed by atoms with Gasteiger partial charge in [0.25, 0.3) is 0 Å². The summed E-state index contributed by atoms with van der Waals surface area (Å²) in [5, 5.41) is 12.0. The van der Waals surface area contributed by atoms with Crippen molar-refractivity contribution in [3.8, 4) is 0 Å². The number of hydrogen-bond acceptors (Lipinski definition) is 2. The lowest BCUT2D eigenvalue weighted by Gasteiger charge is -2.20. The smallest absolute Gasteiger partial charge is 0.317 e. The summed E-state index contributed by atoms with van der Waals surface area (Å²) in [6, 6.07) is -0.109. The predicted molar refractivity (Wildman–Crippen MR) is 68.9 cm³/mol. The molecular formula is C13H24N2O2. The predicted octanol–water partition coefficient (Wildman–Crippen LogP) is 1.90. The summed E-state index contributed by atoms with van der Waals surface area (Å²) in [7, 11) is 1.70. The standard InChI is InChI=1S/C13H24N2O2/c1-11(16)10-15(2)13(17)14-9-8-12-6-4-3-5-7-12/h6,11,16H,3-5,7-10H2,1-2H3,(H,14,17). The number of rotatable bonds is 5. The highest BCUT2D eigenvalue weighted by Crippen LogP contribution is 2.19. The summed E-state index contributed by atoms with van der Waals surface area (Å²) in [6.07, 6.45) is 7.72. The number of carbonyl (C=O) groups is 1. The minimum atomic E-state index is -0.480. The maximum atomic E-state index is 11.6. The fourth-order valence-electron chi connectivity index (χ4n) is 2.08. The zero-order valence-electron chi connectivity index (χ0n) is 10.9. The van der Waals surface area contributed by atoms with Crippen molar-refractivity contribution in [2.45, 2.75) is 45.1 Å². The first-order chi connectivity index (χ1) is 8.09. The molecule has 0 aromatic rings. The number of hydrogen-bond donors (Lipinski definition) is 2. The van der Waals surface area contributed by atoms with Crippen LogP contribution in [-0.2, 0) is 0 Å². The fourth-order valence-corrected chi connectivity index (χ4v) is 2.08. The molecule has 4 nitrogen and oxygen atoms in total. The number of carbonyl (C=O) groups excluding carboxylic acids is 1. The van der Waals surface area contributed by atoms with E-state index in [4.69, 9.17) is 0 Å². The van der Waals surface area contributed by atoms with Crippen molar-refractivity contribution in [3.63, 3.8) is 0 Å². The molecule has 0 aromatic heterocycles. The maximum absolute atomic E-state index is 11.6. The van der Waals surface area contributed by atoms with Crippen molar-refractivity contribution in [1.29, 1.82) is 0 Å². The zero-order valence-corrected chi connectivity index (χ0v) is 10.9. The molecule has 0 fully saturated rings. The van der Waals surface area contributed by atoms with Gasteiger partial charge in [-0.15, -0.1) is 0 Å². The number of nitrogens with one attached hydrogen (secondary N) is 1. The molecule has 0 bridgehead atoms. The van der Waals surface area contributed by atoms with Crippen LogP contribution in [0.4, 0.5) is 4.79 Å². The van der Waals surface area contributed by atoms with Gasteiger partial charge in [0.2, 0.25) is 0 Å². The Balaban J connectivity index is 2.17. The molecule has 98 valence electrons. The van der Waals surface area contributed by atoms with Crippen molar-refractivity contribution in [2.75, 3.05) is 20.1 Å². The van der Waals surface area contributed by atoms with Gasteiger partial charge in [0.05, 0.1) is 6.10 Å². The molecule has 1 rings (SSSR count). The van der Waals surface area contributed by atoms with Gasteiger partial charge in [0.15, 0.2) is 0 Å². The van der Waals surface area contributed by atoms with Gasteiger partial charge in [0.1, 0.15) is 0 Å². The number of aliphatic hydroxyl groups excluding tert-OH is 1. The molecule has 0 spiro atoms. The van der Waals surface area contributed by atoms with E-state index in [-0.39, 0.29) is 6.03 Å². The van der Waals surface area contributed by atoms with E-state index in [9.17, 15) is 9.90 Å². The Labute approximate surface area is 104 Å². The molecule has 0 saturated carbocycles. The summed E-state index contributed by atoms with van der Waals surface area (Å²) in [5.74, 6) is 0. The average Bonchev–Trinajstić information content (AvgIpc) is 2.29. The van der Waals surface area contributed by atoms with Crippen LogP contribution in [0.25, 0.3) is 0 Å².